The van der Waals surface area contributed by atoms with E-state index in [4.69, 9.17) is 56.0 Å². The van der Waals surface area contributed by atoms with Crippen LogP contribution in [0.5, 0.6) is 11.5 Å². The highest BCUT2D eigenvalue weighted by atomic mass is 35.5. The number of benzene rings is 1. The van der Waals surface area contributed by atoms with E-state index in [9.17, 15) is 5.11 Å². The van der Waals surface area contributed by atoms with Crippen molar-refractivity contribution in [3.8, 4) is 11.5 Å². The van der Waals surface area contributed by atoms with Crippen molar-refractivity contribution >= 4 is 46.4 Å². The highest BCUT2D eigenvalue weighted by Gasteiger charge is 2.08. The number of hydrogen-bond donors (Lipinski definition) is 2. The monoisotopic (exact) mass is 371 g/mol. The van der Waals surface area contributed by atoms with Gasteiger partial charge in [-0.2, -0.15) is 0 Å². The summed E-state index contributed by atoms with van der Waals surface area (Å²) >= 11 is 22.6. The van der Waals surface area contributed by atoms with Gasteiger partial charge in [-0.15, -0.1) is 0 Å². The average molecular weight is 373 g/mol. The van der Waals surface area contributed by atoms with E-state index in [1.165, 1.54) is 18.2 Å². The Morgan fingerprint density at radius 1 is 1.24 bits per heavy atom. The molecular formula is C13H13Cl4NO3. The van der Waals surface area contributed by atoms with Gasteiger partial charge in [-0.1, -0.05) is 52.5 Å². The van der Waals surface area contributed by atoms with Gasteiger partial charge in [-0.05, 0) is 6.08 Å². The molecule has 0 heterocycles. The fraction of sp³-hybridized carbons (Fsp3) is 0.231. The summed E-state index contributed by atoms with van der Waals surface area (Å²) in [4.78, 5) is 4.97. The second-order valence-corrected chi connectivity index (χ2v) is 5.52. The minimum absolute atomic E-state index is 0.00954. The summed E-state index contributed by atoms with van der Waals surface area (Å²) < 4.78 is 5.59. The number of ether oxygens (including phenoxy) is 1. The molecule has 0 amide bonds. The molecule has 0 aliphatic heterocycles. The predicted octanol–water partition coefficient (Wildman–Crippen LogP) is 4.82. The summed E-state index contributed by atoms with van der Waals surface area (Å²) in [6.07, 6.45) is 5.52. The van der Waals surface area contributed by atoms with Crippen LogP contribution in [0.15, 0.2) is 35.0 Å². The van der Waals surface area contributed by atoms with Crippen LogP contribution >= 0.6 is 46.4 Å². The van der Waals surface area contributed by atoms with Crippen LogP contribution in [-0.4, -0.2) is 18.3 Å². The summed E-state index contributed by atoms with van der Waals surface area (Å²) in [5, 5.41) is 9.81. The van der Waals surface area contributed by atoms with E-state index in [0.29, 0.717) is 18.8 Å². The Labute approximate surface area is 142 Å². The first-order valence-corrected chi connectivity index (χ1v) is 7.36. The summed E-state index contributed by atoms with van der Waals surface area (Å²) in [7, 11) is 0. The lowest BCUT2D eigenvalue weighted by atomic mass is 10.3. The first kappa shape index (κ1) is 18.3. The van der Waals surface area contributed by atoms with Gasteiger partial charge in [0.05, 0.1) is 23.3 Å². The lowest BCUT2D eigenvalue weighted by molar-refractivity contribution is 0.0952. The maximum atomic E-state index is 9.29. The van der Waals surface area contributed by atoms with Crippen LogP contribution in [0.2, 0.25) is 10.0 Å². The third-order valence-electron chi connectivity index (χ3n) is 2.10. The van der Waals surface area contributed by atoms with Gasteiger partial charge in [0.2, 0.25) is 0 Å². The van der Waals surface area contributed by atoms with Crippen molar-refractivity contribution in [3.63, 3.8) is 0 Å². The van der Waals surface area contributed by atoms with E-state index in [-0.39, 0.29) is 26.9 Å². The smallest absolute Gasteiger partial charge is 0.156 e. The number of halogens is 4. The van der Waals surface area contributed by atoms with Crippen molar-refractivity contribution in [2.24, 2.45) is 0 Å². The molecule has 0 aliphatic rings. The number of nitrogens with one attached hydrogen (secondary N) is 1. The molecular weight excluding hydrogens is 360 g/mol. The molecule has 0 atom stereocenters. The number of hydrogen-bond acceptors (Lipinski definition) is 4. The second-order valence-electron chi connectivity index (χ2n) is 3.70. The highest BCUT2D eigenvalue weighted by molar-refractivity contribution is 6.55. The summed E-state index contributed by atoms with van der Waals surface area (Å²) in [6, 6.07) is 2.73. The lowest BCUT2D eigenvalue weighted by Gasteiger charge is -2.09. The quantitative estimate of drug-likeness (QED) is 0.507. The molecule has 0 radical (unpaired) electrons. The summed E-state index contributed by atoms with van der Waals surface area (Å²) in [5.74, 6) is 0.334. The van der Waals surface area contributed by atoms with Crippen molar-refractivity contribution in [1.82, 2.24) is 5.48 Å². The van der Waals surface area contributed by atoms with E-state index in [0.717, 1.165) is 0 Å². The van der Waals surface area contributed by atoms with Crippen molar-refractivity contribution in [2.75, 3.05) is 13.2 Å². The van der Waals surface area contributed by atoms with Crippen molar-refractivity contribution in [3.05, 3.63) is 45.0 Å². The van der Waals surface area contributed by atoms with Crippen molar-refractivity contribution < 1.29 is 14.7 Å². The van der Waals surface area contributed by atoms with Crippen LogP contribution in [0.1, 0.15) is 6.42 Å². The SMILES string of the molecule is Oc1cc(Cl)c(OCCC=CNOCC=C(Cl)Cl)c(Cl)c1. The van der Waals surface area contributed by atoms with E-state index in [2.05, 4.69) is 5.48 Å². The highest BCUT2D eigenvalue weighted by Crippen LogP contribution is 2.36. The van der Waals surface area contributed by atoms with Gasteiger partial charge in [0.15, 0.2) is 5.75 Å². The molecule has 0 saturated carbocycles. The fourth-order valence-corrected chi connectivity index (χ4v) is 1.96. The first-order valence-electron chi connectivity index (χ1n) is 5.85. The minimum atomic E-state index is -0.00954. The molecule has 0 spiro atoms. The molecule has 8 heteroatoms. The molecule has 0 aliphatic carbocycles. The Morgan fingerprint density at radius 2 is 1.90 bits per heavy atom. The Morgan fingerprint density at radius 3 is 2.52 bits per heavy atom. The summed E-state index contributed by atoms with van der Waals surface area (Å²) in [6.45, 7) is 0.623. The van der Waals surface area contributed by atoms with Gasteiger partial charge < -0.3 is 9.84 Å². The largest absolute Gasteiger partial charge is 0.508 e. The first-order chi connectivity index (χ1) is 10.0. The molecule has 21 heavy (non-hydrogen) atoms. The van der Waals surface area contributed by atoms with E-state index in [1.54, 1.807) is 12.3 Å². The summed E-state index contributed by atoms with van der Waals surface area (Å²) in [5.41, 5.74) is 2.59. The number of aromatic hydroxyl groups is 1. The van der Waals surface area contributed by atoms with Gasteiger partial charge in [0, 0.05) is 24.8 Å². The normalized spacial score (nSPS) is 10.7. The van der Waals surface area contributed by atoms with Crippen molar-refractivity contribution in [2.45, 2.75) is 6.42 Å². The average Bonchev–Trinajstić information content (AvgIpc) is 2.38. The van der Waals surface area contributed by atoms with Gasteiger partial charge in [0.1, 0.15) is 10.2 Å². The molecule has 0 bridgehead atoms. The molecule has 1 aromatic rings. The van der Waals surface area contributed by atoms with Crippen LogP contribution in [0.25, 0.3) is 0 Å². The zero-order valence-corrected chi connectivity index (χ0v) is 13.8. The molecule has 0 fully saturated rings. The van der Waals surface area contributed by atoms with Crippen LogP contribution in [0, 0.1) is 0 Å². The van der Waals surface area contributed by atoms with Crippen LogP contribution in [0.4, 0.5) is 0 Å². The molecule has 1 rings (SSSR count). The third-order valence-corrected chi connectivity index (χ3v) is 2.97. The van der Waals surface area contributed by atoms with Crippen LogP contribution < -0.4 is 10.2 Å². The Balaban J connectivity index is 2.24. The van der Waals surface area contributed by atoms with Crippen molar-refractivity contribution in [1.29, 1.82) is 0 Å². The Bertz CT molecular complexity index is 493. The molecule has 116 valence electrons. The predicted molar refractivity (Wildman–Crippen MR) is 86.3 cm³/mol. The molecule has 0 unspecified atom stereocenters. The van der Waals surface area contributed by atoms with E-state index < -0.39 is 0 Å². The topological polar surface area (TPSA) is 50.7 Å². The van der Waals surface area contributed by atoms with Gasteiger partial charge in [-0.25, -0.2) is 0 Å². The van der Waals surface area contributed by atoms with Gasteiger partial charge in [-0.3, -0.25) is 10.3 Å². The Kier molecular flexibility index (Phi) is 8.73. The molecule has 4 nitrogen and oxygen atoms in total. The molecule has 1 aromatic carbocycles. The van der Waals surface area contributed by atoms with Gasteiger partial charge >= 0.3 is 0 Å². The fourth-order valence-electron chi connectivity index (χ4n) is 1.25. The minimum Gasteiger partial charge on any atom is -0.508 e. The van der Waals surface area contributed by atoms with Crippen LogP contribution in [0.3, 0.4) is 0 Å². The number of rotatable bonds is 8. The number of phenols is 1. The number of phenolic OH excluding ortho intramolecular Hbond substituents is 1. The van der Waals surface area contributed by atoms with E-state index >= 15 is 0 Å². The van der Waals surface area contributed by atoms with E-state index in [1.807, 2.05) is 0 Å². The maximum Gasteiger partial charge on any atom is 0.156 e. The number of hydroxylamine groups is 1. The van der Waals surface area contributed by atoms with Crippen LogP contribution in [-0.2, 0) is 4.84 Å². The molecule has 2 N–H and O–H groups in total. The maximum absolute atomic E-state index is 9.29. The second kappa shape index (κ2) is 10.0. The molecule has 0 saturated heterocycles. The lowest BCUT2D eigenvalue weighted by Crippen LogP contribution is -2.06. The van der Waals surface area contributed by atoms with Gasteiger partial charge in [0.25, 0.3) is 0 Å². The standard InChI is InChI=1S/C13H13Cl4NO3/c14-10-7-9(19)8-11(15)13(10)20-5-2-1-4-18-21-6-3-12(16)17/h1,3-4,7-8,18-19H,2,5-6H2. The zero-order valence-electron chi connectivity index (χ0n) is 10.8. The molecule has 0 aromatic heterocycles. The third kappa shape index (κ3) is 7.69. The zero-order chi connectivity index (χ0) is 15.7. The Hall–Kier alpha value is -0.780.